The zero-order valence-corrected chi connectivity index (χ0v) is 11.3. The van der Waals surface area contributed by atoms with E-state index in [0.29, 0.717) is 23.0 Å². The van der Waals surface area contributed by atoms with Crippen LogP contribution in [0.25, 0.3) is 0 Å². The molecule has 1 unspecified atom stereocenters. The predicted molar refractivity (Wildman–Crippen MR) is 71.2 cm³/mol. The van der Waals surface area contributed by atoms with E-state index in [9.17, 15) is 10.1 Å². The van der Waals surface area contributed by atoms with Gasteiger partial charge in [-0.1, -0.05) is 13.0 Å². The van der Waals surface area contributed by atoms with E-state index in [1.165, 1.54) is 11.8 Å². The molecule has 100 valence electrons. The highest BCUT2D eigenvalue weighted by molar-refractivity contribution is 7.99. The van der Waals surface area contributed by atoms with Crippen LogP contribution in [0.4, 0.5) is 5.69 Å². The Hall–Kier alpha value is -1.27. The molecule has 0 aromatic heterocycles. The number of nitro groups is 1. The van der Waals surface area contributed by atoms with Crippen molar-refractivity contribution in [1.29, 1.82) is 0 Å². The zero-order chi connectivity index (χ0) is 13.5. The lowest BCUT2D eigenvalue weighted by atomic mass is 10.2. The second kappa shape index (κ2) is 7.23. The van der Waals surface area contributed by atoms with Gasteiger partial charge in [0.2, 0.25) is 0 Å². The third kappa shape index (κ3) is 3.89. The second-order valence-corrected chi connectivity index (χ2v) is 4.95. The Kier molecular flexibility index (Phi) is 5.94. The molecule has 0 fully saturated rings. The summed E-state index contributed by atoms with van der Waals surface area (Å²) < 4.78 is 5.27. The summed E-state index contributed by atoms with van der Waals surface area (Å²) in [6.45, 7) is 4.15. The van der Waals surface area contributed by atoms with Crippen LogP contribution in [0, 0.1) is 16.0 Å². The molecule has 0 spiro atoms. The van der Waals surface area contributed by atoms with E-state index in [1.54, 1.807) is 25.1 Å². The minimum Gasteiger partial charge on any atom is -0.487 e. The molecule has 0 bridgehead atoms. The standard InChI is InChI=1S/C12H17NO4S/c1-3-17-10-5-4-6-11(12(10)13(15)16)18-8-9(2)7-14/h4-6,9,14H,3,7-8H2,1-2H3. The highest BCUT2D eigenvalue weighted by atomic mass is 32.2. The van der Waals surface area contributed by atoms with Gasteiger partial charge in [-0.05, 0) is 25.0 Å². The Morgan fingerprint density at radius 2 is 2.28 bits per heavy atom. The van der Waals surface area contributed by atoms with Gasteiger partial charge in [0.1, 0.15) is 0 Å². The van der Waals surface area contributed by atoms with E-state index in [4.69, 9.17) is 9.84 Å². The fourth-order valence-electron chi connectivity index (χ4n) is 1.36. The smallest absolute Gasteiger partial charge is 0.324 e. The molecule has 0 heterocycles. The quantitative estimate of drug-likeness (QED) is 0.469. The Bertz CT molecular complexity index is 411. The Balaban J connectivity index is 2.95. The van der Waals surface area contributed by atoms with Gasteiger partial charge < -0.3 is 9.84 Å². The average Bonchev–Trinajstić information content (AvgIpc) is 2.36. The lowest BCUT2D eigenvalue weighted by Crippen LogP contribution is -2.04. The van der Waals surface area contributed by atoms with Crippen LogP contribution >= 0.6 is 11.8 Å². The minimum atomic E-state index is -0.420. The molecule has 0 aliphatic rings. The van der Waals surface area contributed by atoms with Gasteiger partial charge >= 0.3 is 5.69 Å². The van der Waals surface area contributed by atoms with E-state index in [-0.39, 0.29) is 18.2 Å². The number of hydrogen-bond acceptors (Lipinski definition) is 5. The lowest BCUT2D eigenvalue weighted by molar-refractivity contribution is -0.388. The maximum atomic E-state index is 11.1. The second-order valence-electron chi connectivity index (χ2n) is 3.89. The fourth-order valence-corrected chi connectivity index (χ4v) is 2.41. The number of aliphatic hydroxyl groups is 1. The summed E-state index contributed by atoms with van der Waals surface area (Å²) in [5, 5.41) is 20.1. The molecule has 18 heavy (non-hydrogen) atoms. The number of thioether (sulfide) groups is 1. The Morgan fingerprint density at radius 1 is 1.56 bits per heavy atom. The SMILES string of the molecule is CCOc1cccc(SCC(C)CO)c1[N+](=O)[O-]. The van der Waals surface area contributed by atoms with Crippen LogP contribution in [0.15, 0.2) is 23.1 Å². The van der Waals surface area contributed by atoms with Gasteiger partial charge in [0.15, 0.2) is 5.75 Å². The van der Waals surface area contributed by atoms with Crippen molar-refractivity contribution in [2.45, 2.75) is 18.7 Å². The first-order chi connectivity index (χ1) is 8.60. The van der Waals surface area contributed by atoms with Crippen LogP contribution in [0.2, 0.25) is 0 Å². The molecule has 1 atom stereocenters. The van der Waals surface area contributed by atoms with E-state index in [0.717, 1.165) is 0 Å². The fraction of sp³-hybridized carbons (Fsp3) is 0.500. The molecule has 5 nitrogen and oxygen atoms in total. The molecule has 0 aliphatic carbocycles. The molecule has 6 heteroatoms. The summed E-state index contributed by atoms with van der Waals surface area (Å²) in [5.74, 6) is 1.03. The van der Waals surface area contributed by atoms with Gasteiger partial charge in [-0.3, -0.25) is 10.1 Å². The van der Waals surface area contributed by atoms with Crippen molar-refractivity contribution in [2.75, 3.05) is 19.0 Å². The Labute approximate surface area is 110 Å². The van der Waals surface area contributed by atoms with Crippen LogP contribution in [0.5, 0.6) is 5.75 Å². The van der Waals surface area contributed by atoms with E-state index in [2.05, 4.69) is 0 Å². The number of hydrogen-bond donors (Lipinski definition) is 1. The van der Waals surface area contributed by atoms with E-state index < -0.39 is 4.92 Å². The van der Waals surface area contributed by atoms with Crippen LogP contribution in [0.3, 0.4) is 0 Å². The normalized spacial score (nSPS) is 12.2. The first kappa shape index (κ1) is 14.8. The summed E-state index contributed by atoms with van der Waals surface area (Å²) in [4.78, 5) is 11.2. The van der Waals surface area contributed by atoms with Gasteiger partial charge in [-0.25, -0.2) is 0 Å². The molecule has 0 amide bonds. The van der Waals surface area contributed by atoms with Gasteiger partial charge in [0.05, 0.1) is 16.4 Å². The van der Waals surface area contributed by atoms with Gasteiger partial charge in [-0.2, -0.15) is 0 Å². The first-order valence-electron chi connectivity index (χ1n) is 5.74. The van der Waals surface area contributed by atoms with Crippen molar-refractivity contribution < 1.29 is 14.8 Å². The molecule has 1 aromatic rings. The van der Waals surface area contributed by atoms with Gasteiger partial charge in [0, 0.05) is 12.4 Å². The Morgan fingerprint density at radius 3 is 2.83 bits per heavy atom. The third-order valence-corrected chi connectivity index (χ3v) is 3.66. The first-order valence-corrected chi connectivity index (χ1v) is 6.72. The summed E-state index contributed by atoms with van der Waals surface area (Å²) in [5.41, 5.74) is 0.00879. The van der Waals surface area contributed by atoms with Crippen LogP contribution < -0.4 is 4.74 Å². The van der Waals surface area contributed by atoms with Gasteiger partial charge in [0.25, 0.3) is 0 Å². The maximum Gasteiger partial charge on any atom is 0.324 e. The number of aliphatic hydroxyl groups excluding tert-OH is 1. The lowest BCUT2D eigenvalue weighted by Gasteiger charge is -2.10. The van der Waals surface area contributed by atoms with Crippen LogP contribution in [-0.2, 0) is 0 Å². The molecule has 0 aliphatic heterocycles. The number of rotatable bonds is 7. The number of nitro benzene ring substituents is 1. The summed E-state index contributed by atoms with van der Waals surface area (Å²) in [6.07, 6.45) is 0. The molecule has 0 saturated carbocycles. The third-order valence-electron chi connectivity index (χ3n) is 2.28. The highest BCUT2D eigenvalue weighted by Crippen LogP contribution is 2.37. The van der Waals surface area contributed by atoms with Crippen molar-refractivity contribution in [3.05, 3.63) is 28.3 Å². The number of benzene rings is 1. The predicted octanol–water partition coefficient (Wildman–Crippen LogP) is 2.71. The van der Waals surface area contributed by atoms with Crippen molar-refractivity contribution in [2.24, 2.45) is 5.92 Å². The molecule has 0 radical (unpaired) electrons. The highest BCUT2D eigenvalue weighted by Gasteiger charge is 2.21. The van der Waals surface area contributed by atoms with Gasteiger partial charge in [-0.15, -0.1) is 11.8 Å². The number of para-hydroxylation sites is 1. The van der Waals surface area contributed by atoms with Crippen LogP contribution in [0.1, 0.15) is 13.8 Å². The van der Waals surface area contributed by atoms with Crippen LogP contribution in [-0.4, -0.2) is 29.0 Å². The summed E-state index contributed by atoms with van der Waals surface area (Å²) in [7, 11) is 0. The molecule has 1 N–H and O–H groups in total. The van der Waals surface area contributed by atoms with E-state index in [1.807, 2.05) is 6.92 Å². The maximum absolute atomic E-state index is 11.1. The molecule has 1 aromatic carbocycles. The van der Waals surface area contributed by atoms with Crippen molar-refractivity contribution in [1.82, 2.24) is 0 Å². The summed E-state index contributed by atoms with van der Waals surface area (Å²) >= 11 is 1.37. The number of nitrogens with zero attached hydrogens (tertiary/aromatic N) is 1. The van der Waals surface area contributed by atoms with E-state index >= 15 is 0 Å². The molecular weight excluding hydrogens is 254 g/mol. The molecule has 0 saturated heterocycles. The monoisotopic (exact) mass is 271 g/mol. The topological polar surface area (TPSA) is 72.6 Å². The van der Waals surface area contributed by atoms with Crippen molar-refractivity contribution >= 4 is 17.4 Å². The minimum absolute atomic E-state index is 0.00879. The van der Waals surface area contributed by atoms with Crippen molar-refractivity contribution in [3.63, 3.8) is 0 Å². The number of ether oxygens (including phenoxy) is 1. The average molecular weight is 271 g/mol. The largest absolute Gasteiger partial charge is 0.487 e. The molecular formula is C12H17NO4S. The zero-order valence-electron chi connectivity index (χ0n) is 10.5. The van der Waals surface area contributed by atoms with Crippen molar-refractivity contribution in [3.8, 4) is 5.75 Å². The molecule has 1 rings (SSSR count). The summed E-state index contributed by atoms with van der Waals surface area (Å²) in [6, 6.07) is 5.04.